The quantitative estimate of drug-likeness (QED) is 0.321. The Balaban J connectivity index is 1.35. The van der Waals surface area contributed by atoms with E-state index in [-0.39, 0.29) is 5.91 Å². The number of nitrogens with zero attached hydrogens (tertiary/aromatic N) is 2. The number of benzene rings is 3. The van der Waals surface area contributed by atoms with Crippen molar-refractivity contribution in [1.82, 2.24) is 10.2 Å². The molecular weight excluding hydrogens is 438 g/mol. The number of amides is 1. The normalized spacial score (nSPS) is 10.6. The number of anilines is 1. The monoisotopic (exact) mass is 461 g/mol. The summed E-state index contributed by atoms with van der Waals surface area (Å²) in [4.78, 5) is 12.5. The van der Waals surface area contributed by atoms with Gasteiger partial charge in [-0.2, -0.15) is 0 Å². The van der Waals surface area contributed by atoms with Crippen molar-refractivity contribution in [2.45, 2.75) is 17.9 Å². The van der Waals surface area contributed by atoms with E-state index in [2.05, 4.69) is 15.5 Å². The molecule has 1 N–H and O–H groups in total. The summed E-state index contributed by atoms with van der Waals surface area (Å²) in [5.74, 6) is 2.33. The summed E-state index contributed by atoms with van der Waals surface area (Å²) in [5.41, 5.74) is 3.09. The lowest BCUT2D eigenvalue weighted by Gasteiger charge is -2.07. The molecule has 4 aromatic rings. The molecule has 0 radical (unpaired) electrons. The van der Waals surface area contributed by atoms with Gasteiger partial charge in [-0.05, 0) is 61.0 Å². The number of carbonyl (C=O) groups excluding carboxylic acids is 1. The first-order chi connectivity index (χ1) is 16.2. The Bertz CT molecular complexity index is 1210. The van der Waals surface area contributed by atoms with Gasteiger partial charge in [0, 0.05) is 17.0 Å². The molecule has 0 bridgehead atoms. The van der Waals surface area contributed by atoms with Gasteiger partial charge in [0.1, 0.15) is 11.5 Å². The van der Waals surface area contributed by atoms with Gasteiger partial charge in [-0.1, -0.05) is 36.0 Å². The van der Waals surface area contributed by atoms with Gasteiger partial charge in [-0.25, -0.2) is 0 Å². The summed E-state index contributed by atoms with van der Waals surface area (Å²) < 4.78 is 16.6. The van der Waals surface area contributed by atoms with Crippen LogP contribution in [0.25, 0.3) is 11.5 Å². The van der Waals surface area contributed by atoms with Crippen LogP contribution in [-0.2, 0) is 5.75 Å². The Morgan fingerprint density at radius 2 is 1.76 bits per heavy atom. The standard InChI is InChI=1S/C25H23N3O4S/c1-3-31-22-7-5-4-6-21(22)24-27-28-25(32-24)33-16-17-8-10-18(11-9-17)23(29)26-19-12-14-20(30-2)15-13-19/h4-15H,3,16H2,1-2H3,(H,26,29). The molecular formula is C25H23N3O4S. The summed E-state index contributed by atoms with van der Waals surface area (Å²) >= 11 is 1.44. The molecule has 33 heavy (non-hydrogen) atoms. The van der Waals surface area contributed by atoms with Crippen molar-refractivity contribution in [3.63, 3.8) is 0 Å². The molecule has 0 atom stereocenters. The largest absolute Gasteiger partial charge is 0.497 e. The van der Waals surface area contributed by atoms with Crippen LogP contribution in [0.4, 0.5) is 5.69 Å². The van der Waals surface area contributed by atoms with Crippen molar-refractivity contribution in [2.24, 2.45) is 0 Å². The number of aromatic nitrogens is 2. The van der Waals surface area contributed by atoms with E-state index in [1.54, 1.807) is 43.5 Å². The van der Waals surface area contributed by atoms with Crippen LogP contribution in [-0.4, -0.2) is 29.8 Å². The molecule has 4 rings (SSSR count). The second-order valence-corrected chi connectivity index (χ2v) is 7.90. The average molecular weight is 462 g/mol. The maximum absolute atomic E-state index is 12.5. The molecule has 0 fully saturated rings. The lowest BCUT2D eigenvalue weighted by atomic mass is 10.1. The molecule has 3 aromatic carbocycles. The molecule has 0 aliphatic rings. The van der Waals surface area contributed by atoms with Crippen LogP contribution in [0, 0.1) is 0 Å². The predicted molar refractivity (Wildman–Crippen MR) is 128 cm³/mol. The van der Waals surface area contributed by atoms with Crippen molar-refractivity contribution in [3.8, 4) is 23.0 Å². The van der Waals surface area contributed by atoms with E-state index in [1.807, 2.05) is 43.3 Å². The van der Waals surface area contributed by atoms with E-state index >= 15 is 0 Å². The third-order valence-electron chi connectivity index (χ3n) is 4.75. The highest BCUT2D eigenvalue weighted by Crippen LogP contribution is 2.31. The Labute approximate surface area is 196 Å². The van der Waals surface area contributed by atoms with Gasteiger partial charge in [0.05, 0.1) is 19.3 Å². The zero-order valence-corrected chi connectivity index (χ0v) is 19.1. The summed E-state index contributed by atoms with van der Waals surface area (Å²) in [7, 11) is 1.60. The van der Waals surface area contributed by atoms with E-state index < -0.39 is 0 Å². The second-order valence-electron chi connectivity index (χ2n) is 6.97. The van der Waals surface area contributed by atoms with Crippen molar-refractivity contribution < 1.29 is 18.7 Å². The third-order valence-corrected chi connectivity index (χ3v) is 5.64. The lowest BCUT2D eigenvalue weighted by molar-refractivity contribution is 0.102. The van der Waals surface area contributed by atoms with Crippen LogP contribution >= 0.6 is 11.8 Å². The first-order valence-electron chi connectivity index (χ1n) is 10.4. The van der Waals surface area contributed by atoms with Gasteiger partial charge >= 0.3 is 0 Å². The van der Waals surface area contributed by atoms with Crippen LogP contribution in [0.3, 0.4) is 0 Å². The number of thioether (sulfide) groups is 1. The topological polar surface area (TPSA) is 86.5 Å². The van der Waals surface area contributed by atoms with E-state index in [0.717, 1.165) is 16.9 Å². The third kappa shape index (κ3) is 5.72. The first-order valence-corrected chi connectivity index (χ1v) is 11.4. The van der Waals surface area contributed by atoms with Gasteiger partial charge in [0.15, 0.2) is 0 Å². The lowest BCUT2D eigenvalue weighted by Crippen LogP contribution is -2.11. The molecule has 7 nitrogen and oxygen atoms in total. The van der Waals surface area contributed by atoms with Gasteiger partial charge in [-0.3, -0.25) is 4.79 Å². The van der Waals surface area contributed by atoms with Crippen molar-refractivity contribution in [3.05, 3.63) is 83.9 Å². The number of ether oxygens (including phenoxy) is 2. The Morgan fingerprint density at radius 3 is 2.48 bits per heavy atom. The number of para-hydroxylation sites is 1. The molecule has 0 saturated carbocycles. The molecule has 0 unspecified atom stereocenters. The van der Waals surface area contributed by atoms with Crippen LogP contribution in [0.1, 0.15) is 22.8 Å². The Kier molecular flexibility index (Phi) is 7.26. The fourth-order valence-electron chi connectivity index (χ4n) is 3.08. The zero-order valence-electron chi connectivity index (χ0n) is 18.3. The number of hydrogen-bond acceptors (Lipinski definition) is 7. The van der Waals surface area contributed by atoms with E-state index in [9.17, 15) is 4.79 Å². The minimum Gasteiger partial charge on any atom is -0.497 e. The summed E-state index contributed by atoms with van der Waals surface area (Å²) in [6.07, 6.45) is 0. The zero-order chi connectivity index (χ0) is 23.0. The molecule has 0 aliphatic carbocycles. The van der Waals surface area contributed by atoms with Crippen molar-refractivity contribution in [1.29, 1.82) is 0 Å². The summed E-state index contributed by atoms with van der Waals surface area (Å²) in [5, 5.41) is 11.6. The molecule has 0 aliphatic heterocycles. The molecule has 0 saturated heterocycles. The SMILES string of the molecule is CCOc1ccccc1-c1nnc(SCc2ccc(C(=O)Nc3ccc(OC)cc3)cc2)o1. The average Bonchev–Trinajstić information content (AvgIpc) is 3.33. The molecule has 0 spiro atoms. The smallest absolute Gasteiger partial charge is 0.277 e. The Morgan fingerprint density at radius 1 is 1.00 bits per heavy atom. The maximum atomic E-state index is 12.5. The highest BCUT2D eigenvalue weighted by Gasteiger charge is 2.14. The predicted octanol–water partition coefficient (Wildman–Crippen LogP) is 5.69. The van der Waals surface area contributed by atoms with Crippen LogP contribution < -0.4 is 14.8 Å². The molecule has 168 valence electrons. The maximum Gasteiger partial charge on any atom is 0.277 e. The minimum absolute atomic E-state index is 0.172. The second kappa shape index (κ2) is 10.7. The van der Waals surface area contributed by atoms with E-state index in [1.165, 1.54) is 11.8 Å². The van der Waals surface area contributed by atoms with Gasteiger partial charge in [0.2, 0.25) is 0 Å². The highest BCUT2D eigenvalue weighted by molar-refractivity contribution is 7.98. The fraction of sp³-hybridized carbons (Fsp3) is 0.160. The number of methoxy groups -OCH3 is 1. The van der Waals surface area contributed by atoms with Crippen molar-refractivity contribution in [2.75, 3.05) is 19.0 Å². The first kappa shape index (κ1) is 22.4. The molecule has 1 heterocycles. The fourth-order valence-corrected chi connectivity index (χ4v) is 3.80. The molecule has 1 aromatic heterocycles. The highest BCUT2D eigenvalue weighted by atomic mass is 32.2. The molecule has 8 heteroatoms. The summed E-state index contributed by atoms with van der Waals surface area (Å²) in [6, 6.07) is 22.2. The van der Waals surface area contributed by atoms with Gasteiger partial charge in [-0.15, -0.1) is 10.2 Å². The van der Waals surface area contributed by atoms with Crippen molar-refractivity contribution >= 4 is 23.4 Å². The van der Waals surface area contributed by atoms with E-state index in [4.69, 9.17) is 13.9 Å². The number of rotatable bonds is 9. The van der Waals surface area contributed by atoms with Crippen LogP contribution in [0.15, 0.2) is 82.4 Å². The van der Waals surface area contributed by atoms with Gasteiger partial charge < -0.3 is 19.2 Å². The van der Waals surface area contributed by atoms with Gasteiger partial charge in [0.25, 0.3) is 17.0 Å². The number of nitrogens with one attached hydrogen (secondary N) is 1. The number of carbonyl (C=O) groups is 1. The van der Waals surface area contributed by atoms with Crippen LogP contribution in [0.5, 0.6) is 11.5 Å². The van der Waals surface area contributed by atoms with Crippen LogP contribution in [0.2, 0.25) is 0 Å². The van der Waals surface area contributed by atoms with E-state index in [0.29, 0.717) is 40.5 Å². The Hall–Kier alpha value is -3.78. The summed E-state index contributed by atoms with van der Waals surface area (Å²) in [6.45, 7) is 2.49. The molecule has 1 amide bonds. The number of hydrogen-bond donors (Lipinski definition) is 1. The minimum atomic E-state index is -0.172.